The van der Waals surface area contributed by atoms with Crippen LogP contribution in [0.25, 0.3) is 0 Å². The molecule has 15 atom stereocenters. The van der Waals surface area contributed by atoms with Crippen molar-refractivity contribution in [3.8, 4) is 0 Å². The molecule has 6 aliphatic rings. The largest absolute Gasteiger partial charge is 0.455 e. The van der Waals surface area contributed by atoms with E-state index in [0.29, 0.717) is 25.1 Å². The Morgan fingerprint density at radius 3 is 2.30 bits per heavy atom. The van der Waals surface area contributed by atoms with Gasteiger partial charge in [-0.3, -0.25) is 9.69 Å². The van der Waals surface area contributed by atoms with E-state index in [9.17, 15) is 24.9 Å². The maximum atomic E-state index is 13.8. The molecule has 5 saturated carbocycles. The lowest BCUT2D eigenvalue weighted by molar-refractivity contribution is -0.322. The Bertz CT molecular complexity index is 1360. The maximum absolute atomic E-state index is 13.8. The molecule has 7 rings (SSSR count). The third-order valence-electron chi connectivity index (χ3n) is 13.2. The van der Waals surface area contributed by atoms with E-state index < -0.39 is 88.3 Å². The molecule has 12 heteroatoms. The van der Waals surface area contributed by atoms with E-state index in [-0.39, 0.29) is 25.0 Å². The van der Waals surface area contributed by atoms with E-state index in [1.54, 1.807) is 51.7 Å². The lowest BCUT2D eigenvalue weighted by Gasteiger charge is -2.70. The number of ether oxygens (including phenoxy) is 6. The van der Waals surface area contributed by atoms with Gasteiger partial charge in [-0.15, -0.1) is 0 Å². The first-order chi connectivity index (χ1) is 22.0. The van der Waals surface area contributed by atoms with Gasteiger partial charge in [0, 0.05) is 83.0 Å². The molecule has 254 valence electrons. The fourth-order valence-electron chi connectivity index (χ4n) is 12.3. The summed E-state index contributed by atoms with van der Waals surface area (Å²) in [5, 5.41) is 37.3. The number of benzene rings is 1. The molecule has 1 spiro atoms. The van der Waals surface area contributed by atoms with Gasteiger partial charge in [-0.2, -0.15) is 0 Å². The molecule has 1 aliphatic heterocycles. The predicted molar refractivity (Wildman–Crippen MR) is 160 cm³/mol. The van der Waals surface area contributed by atoms with Crippen LogP contribution in [0.15, 0.2) is 30.3 Å². The van der Waals surface area contributed by atoms with Crippen molar-refractivity contribution in [2.24, 2.45) is 34.5 Å². The second kappa shape index (κ2) is 10.9. The van der Waals surface area contributed by atoms with Gasteiger partial charge in [0.25, 0.3) is 0 Å². The van der Waals surface area contributed by atoms with E-state index in [1.807, 2.05) is 6.92 Å². The second-order valence-electron chi connectivity index (χ2n) is 14.4. The molecule has 7 bridgehead atoms. The Labute approximate surface area is 269 Å². The Balaban J connectivity index is 1.53. The number of nitrogens with zero attached hydrogens (tertiary/aromatic N) is 1. The van der Waals surface area contributed by atoms with Gasteiger partial charge in [0.1, 0.15) is 23.9 Å². The first kappa shape index (κ1) is 32.4. The molecule has 6 fully saturated rings. The summed E-state index contributed by atoms with van der Waals surface area (Å²) in [6, 6.07) is 8.18. The average molecular weight is 646 g/mol. The van der Waals surface area contributed by atoms with Gasteiger partial charge in [-0.05, 0) is 31.0 Å². The van der Waals surface area contributed by atoms with Crippen molar-refractivity contribution in [2.45, 2.75) is 80.6 Å². The number of methoxy groups -OCH3 is 4. The van der Waals surface area contributed by atoms with Crippen LogP contribution in [0.2, 0.25) is 0 Å². The molecule has 0 aromatic heterocycles. The highest BCUT2D eigenvalue weighted by Gasteiger charge is 2.92. The molecular weight excluding hydrogens is 598 g/mol. The number of carbonyl (C=O) groups is 2. The van der Waals surface area contributed by atoms with Crippen LogP contribution in [0.5, 0.6) is 0 Å². The van der Waals surface area contributed by atoms with Crippen molar-refractivity contribution in [3.63, 3.8) is 0 Å². The number of aliphatic hydroxyl groups is 3. The summed E-state index contributed by atoms with van der Waals surface area (Å²) in [5.41, 5.74) is -4.79. The first-order valence-electron chi connectivity index (χ1n) is 16.3. The van der Waals surface area contributed by atoms with Crippen LogP contribution >= 0.6 is 0 Å². The average Bonchev–Trinajstić information content (AvgIpc) is 3.41. The van der Waals surface area contributed by atoms with Crippen molar-refractivity contribution in [1.29, 1.82) is 0 Å². The van der Waals surface area contributed by atoms with Crippen molar-refractivity contribution in [1.82, 2.24) is 4.90 Å². The number of carbonyl (C=O) groups excluding carboxylic acids is 2. The monoisotopic (exact) mass is 645 g/mol. The lowest BCUT2D eigenvalue weighted by Crippen LogP contribution is -2.81. The minimum absolute atomic E-state index is 0.0791. The third-order valence-corrected chi connectivity index (χ3v) is 13.2. The van der Waals surface area contributed by atoms with Crippen LogP contribution < -0.4 is 0 Å². The number of fused-ring (bicyclic) bond motifs is 2. The highest BCUT2D eigenvalue weighted by Crippen LogP contribution is 2.80. The Kier molecular flexibility index (Phi) is 7.69. The van der Waals surface area contributed by atoms with Crippen molar-refractivity contribution in [3.05, 3.63) is 35.9 Å². The zero-order valence-electron chi connectivity index (χ0n) is 27.3. The number of hydrogen-bond acceptors (Lipinski definition) is 12. The zero-order chi connectivity index (χ0) is 33.0. The number of esters is 2. The molecular formula is C34H47NO11. The fourth-order valence-corrected chi connectivity index (χ4v) is 12.3. The lowest BCUT2D eigenvalue weighted by atomic mass is 9.42. The molecule has 1 aromatic rings. The summed E-state index contributed by atoms with van der Waals surface area (Å²) < 4.78 is 37.4. The SMILES string of the molecule is CCN1C[C@@]2(COC)C3[C@@H](OC)C4[C@@H]1C3(C1C[C@@]3(O)[C@H](OC(=O)c5ccccc5)C1[C@]4(OC(C)=O)[C@@H](O)[C@@H]3OC)[C@@H](OC)C[C@H]2O. The summed E-state index contributed by atoms with van der Waals surface area (Å²) in [4.78, 5) is 29.3. The van der Waals surface area contributed by atoms with Crippen LogP contribution in [0.3, 0.4) is 0 Å². The fraction of sp³-hybridized carbons (Fsp3) is 0.765. The van der Waals surface area contributed by atoms with Crippen molar-refractivity contribution in [2.75, 3.05) is 48.1 Å². The highest BCUT2D eigenvalue weighted by atomic mass is 16.6. The van der Waals surface area contributed by atoms with Crippen molar-refractivity contribution >= 4 is 11.9 Å². The molecule has 1 heterocycles. The summed E-state index contributed by atoms with van der Waals surface area (Å²) in [6.07, 6.45) is -5.49. The van der Waals surface area contributed by atoms with Crippen LogP contribution in [-0.2, 0) is 33.2 Å². The molecule has 46 heavy (non-hydrogen) atoms. The molecule has 0 radical (unpaired) electrons. The van der Waals surface area contributed by atoms with Crippen molar-refractivity contribution < 1.29 is 53.3 Å². The third kappa shape index (κ3) is 3.62. The summed E-state index contributed by atoms with van der Waals surface area (Å²) >= 11 is 0. The van der Waals surface area contributed by atoms with Gasteiger partial charge >= 0.3 is 11.9 Å². The highest BCUT2D eigenvalue weighted by molar-refractivity contribution is 5.89. The van der Waals surface area contributed by atoms with Crippen LogP contribution in [0.1, 0.15) is 37.0 Å². The Morgan fingerprint density at radius 2 is 1.72 bits per heavy atom. The van der Waals surface area contributed by atoms with Crippen LogP contribution in [0.4, 0.5) is 0 Å². The number of piperidine rings is 1. The van der Waals surface area contributed by atoms with E-state index >= 15 is 0 Å². The van der Waals surface area contributed by atoms with E-state index in [2.05, 4.69) is 4.90 Å². The van der Waals surface area contributed by atoms with Gasteiger partial charge in [0.2, 0.25) is 0 Å². The van der Waals surface area contributed by atoms with Gasteiger partial charge in [0.05, 0.1) is 30.5 Å². The van der Waals surface area contributed by atoms with E-state index in [4.69, 9.17) is 28.4 Å². The second-order valence-corrected chi connectivity index (χ2v) is 14.4. The van der Waals surface area contributed by atoms with E-state index in [0.717, 1.165) is 0 Å². The van der Waals surface area contributed by atoms with Gasteiger partial charge in [-0.1, -0.05) is 25.1 Å². The summed E-state index contributed by atoms with van der Waals surface area (Å²) in [5.74, 6) is -3.65. The van der Waals surface area contributed by atoms with Gasteiger partial charge in [-0.25, -0.2) is 4.79 Å². The summed E-state index contributed by atoms with van der Waals surface area (Å²) in [7, 11) is 6.27. The minimum atomic E-state index is -1.83. The standard InChI is InChI=1S/C34H47NO11/c1-7-35-15-31(16-41-3)20(37)13-21(42-4)33-19-14-32(40)28(45-30(39)18-11-9-8-10-12-18)22(19)34(46-17(2)36,27(38)29(32)44-6)23(26(33)35)24(43-5)25(31)33/h8-12,19-29,37-38,40H,7,13-16H2,1-6H3/t19?,20-,21+,22?,23?,24+,25?,26-,27+,28-,29+,31+,32-,33?,34-/m1/s1. The summed E-state index contributed by atoms with van der Waals surface area (Å²) in [6.45, 7) is 4.68. The Hall–Kier alpha value is -2.16. The smallest absolute Gasteiger partial charge is 0.338 e. The molecule has 0 amide bonds. The molecule has 1 aromatic carbocycles. The first-order valence-corrected chi connectivity index (χ1v) is 16.3. The molecule has 5 aliphatic carbocycles. The number of rotatable bonds is 9. The quantitative estimate of drug-likeness (QED) is 0.323. The molecule has 3 N–H and O–H groups in total. The van der Waals surface area contributed by atoms with E-state index in [1.165, 1.54) is 14.0 Å². The minimum Gasteiger partial charge on any atom is -0.455 e. The molecule has 1 saturated heterocycles. The number of hydrogen-bond donors (Lipinski definition) is 3. The topological polar surface area (TPSA) is 153 Å². The molecule has 5 unspecified atom stereocenters. The van der Waals surface area contributed by atoms with Crippen LogP contribution in [-0.4, -0.2) is 134 Å². The normalized spacial score (nSPS) is 49.9. The number of likely N-dealkylation sites (tertiary alicyclic amines) is 1. The maximum Gasteiger partial charge on any atom is 0.338 e. The van der Waals surface area contributed by atoms with Gasteiger partial charge in [0.15, 0.2) is 5.60 Å². The molecule has 12 nitrogen and oxygen atoms in total. The van der Waals surface area contributed by atoms with Crippen LogP contribution in [0, 0.1) is 34.5 Å². The predicted octanol–water partition coefficient (Wildman–Crippen LogP) is 0.648. The number of aliphatic hydroxyl groups excluding tert-OH is 2. The van der Waals surface area contributed by atoms with Gasteiger partial charge < -0.3 is 43.7 Å². The zero-order valence-corrected chi connectivity index (χ0v) is 27.3. The Morgan fingerprint density at radius 1 is 1.00 bits per heavy atom.